The van der Waals surface area contributed by atoms with Crippen molar-refractivity contribution in [2.24, 2.45) is 5.92 Å². The molecule has 90 valence electrons. The van der Waals surface area contributed by atoms with Crippen LogP contribution in [0.2, 0.25) is 0 Å². The van der Waals surface area contributed by atoms with Crippen LogP contribution in [0.15, 0.2) is 25.3 Å². The standard InChI is InChI=1S/C12H18O4/c1-5-11(13)9(3)7-15-10(4)8-16-12(14)6-2/h5-6,9-10H,1-2,7-8H2,3-4H3. The predicted molar refractivity (Wildman–Crippen MR) is 60.9 cm³/mol. The van der Waals surface area contributed by atoms with Crippen molar-refractivity contribution in [3.05, 3.63) is 25.3 Å². The fourth-order valence-electron chi connectivity index (χ4n) is 0.898. The highest BCUT2D eigenvalue weighted by atomic mass is 16.6. The molecule has 0 heterocycles. The molecule has 16 heavy (non-hydrogen) atoms. The van der Waals surface area contributed by atoms with E-state index in [1.807, 2.05) is 0 Å². The van der Waals surface area contributed by atoms with E-state index in [9.17, 15) is 9.59 Å². The van der Waals surface area contributed by atoms with E-state index in [2.05, 4.69) is 13.2 Å². The summed E-state index contributed by atoms with van der Waals surface area (Å²) in [5.74, 6) is -0.768. The molecule has 0 aromatic carbocycles. The molecule has 0 amide bonds. The SMILES string of the molecule is C=CC(=O)OCC(C)OCC(C)C(=O)C=C. The van der Waals surface area contributed by atoms with Crippen molar-refractivity contribution >= 4 is 11.8 Å². The number of ether oxygens (including phenoxy) is 2. The van der Waals surface area contributed by atoms with E-state index in [-0.39, 0.29) is 31.0 Å². The Bertz CT molecular complexity index is 270. The van der Waals surface area contributed by atoms with Crippen LogP contribution < -0.4 is 0 Å². The average molecular weight is 226 g/mol. The van der Waals surface area contributed by atoms with Crippen LogP contribution in [0, 0.1) is 5.92 Å². The fraction of sp³-hybridized carbons (Fsp3) is 0.500. The number of carbonyl (C=O) groups is 2. The van der Waals surface area contributed by atoms with Crippen LogP contribution in [0.1, 0.15) is 13.8 Å². The Kier molecular flexibility index (Phi) is 7.12. The van der Waals surface area contributed by atoms with Crippen molar-refractivity contribution in [2.75, 3.05) is 13.2 Å². The zero-order chi connectivity index (χ0) is 12.6. The Hall–Kier alpha value is -1.42. The van der Waals surface area contributed by atoms with Gasteiger partial charge in [-0.05, 0) is 13.0 Å². The van der Waals surface area contributed by atoms with Gasteiger partial charge in [-0.15, -0.1) is 0 Å². The molecule has 0 spiro atoms. The number of esters is 1. The topological polar surface area (TPSA) is 52.6 Å². The van der Waals surface area contributed by atoms with E-state index >= 15 is 0 Å². The molecule has 0 radical (unpaired) electrons. The van der Waals surface area contributed by atoms with Crippen LogP contribution >= 0.6 is 0 Å². The van der Waals surface area contributed by atoms with Crippen molar-refractivity contribution in [1.29, 1.82) is 0 Å². The van der Waals surface area contributed by atoms with E-state index < -0.39 is 5.97 Å². The van der Waals surface area contributed by atoms with Crippen LogP contribution in [-0.4, -0.2) is 31.1 Å². The van der Waals surface area contributed by atoms with Gasteiger partial charge in [0.05, 0.1) is 12.7 Å². The van der Waals surface area contributed by atoms with E-state index in [4.69, 9.17) is 9.47 Å². The van der Waals surface area contributed by atoms with Crippen molar-refractivity contribution in [1.82, 2.24) is 0 Å². The Morgan fingerprint density at radius 2 is 1.81 bits per heavy atom. The Labute approximate surface area is 95.9 Å². The van der Waals surface area contributed by atoms with Gasteiger partial charge in [-0.2, -0.15) is 0 Å². The summed E-state index contributed by atoms with van der Waals surface area (Å²) in [5.41, 5.74) is 0. The third kappa shape index (κ3) is 6.14. The normalized spacial score (nSPS) is 13.6. The molecule has 0 aliphatic rings. The maximum atomic E-state index is 11.1. The van der Waals surface area contributed by atoms with Gasteiger partial charge < -0.3 is 9.47 Å². The van der Waals surface area contributed by atoms with Gasteiger partial charge in [0.2, 0.25) is 0 Å². The fourth-order valence-corrected chi connectivity index (χ4v) is 0.898. The van der Waals surface area contributed by atoms with Gasteiger partial charge in [-0.25, -0.2) is 4.79 Å². The van der Waals surface area contributed by atoms with Crippen LogP contribution in [0.3, 0.4) is 0 Å². The molecular formula is C12H18O4. The van der Waals surface area contributed by atoms with Crippen LogP contribution in [0.5, 0.6) is 0 Å². The second-order valence-corrected chi connectivity index (χ2v) is 3.49. The van der Waals surface area contributed by atoms with Crippen molar-refractivity contribution < 1.29 is 19.1 Å². The number of hydrogen-bond acceptors (Lipinski definition) is 4. The summed E-state index contributed by atoms with van der Waals surface area (Å²) in [7, 11) is 0. The lowest BCUT2D eigenvalue weighted by Gasteiger charge is -2.15. The predicted octanol–water partition coefficient (Wildman–Crippen LogP) is 1.51. The first-order valence-electron chi connectivity index (χ1n) is 5.08. The number of allylic oxidation sites excluding steroid dienone is 1. The smallest absolute Gasteiger partial charge is 0.330 e. The molecule has 0 aliphatic carbocycles. The van der Waals surface area contributed by atoms with Crippen molar-refractivity contribution in [3.8, 4) is 0 Å². The molecule has 0 fully saturated rings. The Morgan fingerprint density at radius 3 is 2.31 bits per heavy atom. The van der Waals surface area contributed by atoms with E-state index in [1.165, 1.54) is 6.08 Å². The monoisotopic (exact) mass is 226 g/mol. The molecule has 4 nitrogen and oxygen atoms in total. The molecule has 0 saturated carbocycles. The molecule has 0 aliphatic heterocycles. The van der Waals surface area contributed by atoms with Gasteiger partial charge in [0.15, 0.2) is 5.78 Å². The van der Waals surface area contributed by atoms with Crippen molar-refractivity contribution in [2.45, 2.75) is 20.0 Å². The second kappa shape index (κ2) is 7.82. The lowest BCUT2D eigenvalue weighted by Crippen LogP contribution is -2.23. The number of ketones is 1. The molecular weight excluding hydrogens is 208 g/mol. The van der Waals surface area contributed by atoms with E-state index in [1.54, 1.807) is 13.8 Å². The summed E-state index contributed by atoms with van der Waals surface area (Å²) < 4.78 is 10.1. The molecule has 4 heteroatoms. The summed E-state index contributed by atoms with van der Waals surface area (Å²) in [5, 5.41) is 0. The molecule has 0 N–H and O–H groups in total. The largest absolute Gasteiger partial charge is 0.460 e. The zero-order valence-corrected chi connectivity index (χ0v) is 9.77. The third-order valence-corrected chi connectivity index (χ3v) is 1.94. The Balaban J connectivity index is 3.76. The highest BCUT2D eigenvalue weighted by Crippen LogP contribution is 2.02. The number of hydrogen-bond donors (Lipinski definition) is 0. The quantitative estimate of drug-likeness (QED) is 0.465. The second-order valence-electron chi connectivity index (χ2n) is 3.49. The highest BCUT2D eigenvalue weighted by molar-refractivity contribution is 5.90. The van der Waals surface area contributed by atoms with Gasteiger partial charge in [0, 0.05) is 12.0 Å². The highest BCUT2D eigenvalue weighted by Gasteiger charge is 2.12. The molecule has 0 aromatic rings. The van der Waals surface area contributed by atoms with Crippen LogP contribution in [-0.2, 0) is 19.1 Å². The molecule has 2 atom stereocenters. The van der Waals surface area contributed by atoms with Gasteiger partial charge in [-0.1, -0.05) is 20.1 Å². The van der Waals surface area contributed by atoms with E-state index in [0.29, 0.717) is 0 Å². The van der Waals surface area contributed by atoms with Crippen LogP contribution in [0.25, 0.3) is 0 Å². The average Bonchev–Trinajstić information content (AvgIpc) is 2.31. The zero-order valence-electron chi connectivity index (χ0n) is 9.77. The minimum atomic E-state index is -0.481. The number of carbonyl (C=O) groups excluding carboxylic acids is 2. The molecule has 2 unspecified atom stereocenters. The first kappa shape index (κ1) is 14.6. The first-order valence-corrected chi connectivity index (χ1v) is 5.08. The van der Waals surface area contributed by atoms with Crippen LogP contribution in [0.4, 0.5) is 0 Å². The van der Waals surface area contributed by atoms with E-state index in [0.717, 1.165) is 6.08 Å². The molecule has 0 saturated heterocycles. The molecule has 0 bridgehead atoms. The van der Waals surface area contributed by atoms with Gasteiger partial charge in [0.1, 0.15) is 6.61 Å². The maximum absolute atomic E-state index is 11.1. The van der Waals surface area contributed by atoms with Gasteiger partial charge >= 0.3 is 5.97 Å². The lowest BCUT2D eigenvalue weighted by atomic mass is 10.1. The maximum Gasteiger partial charge on any atom is 0.330 e. The summed E-state index contributed by atoms with van der Waals surface area (Å²) in [6.45, 7) is 10.6. The Morgan fingerprint density at radius 1 is 1.19 bits per heavy atom. The van der Waals surface area contributed by atoms with Gasteiger partial charge in [-0.3, -0.25) is 4.79 Å². The summed E-state index contributed by atoms with van der Waals surface area (Å²) in [6.07, 6.45) is 2.12. The summed E-state index contributed by atoms with van der Waals surface area (Å²) >= 11 is 0. The first-order chi connectivity index (χ1) is 7.51. The minimum absolute atomic E-state index is 0.0599. The van der Waals surface area contributed by atoms with Crippen molar-refractivity contribution in [3.63, 3.8) is 0 Å². The lowest BCUT2D eigenvalue weighted by molar-refractivity contribution is -0.142. The summed E-state index contributed by atoms with van der Waals surface area (Å²) in [4.78, 5) is 21.9. The minimum Gasteiger partial charge on any atom is -0.460 e. The number of rotatable bonds is 8. The third-order valence-electron chi connectivity index (χ3n) is 1.94. The molecule has 0 rings (SSSR count). The summed E-state index contributed by atoms with van der Waals surface area (Å²) in [6, 6.07) is 0. The molecule has 0 aromatic heterocycles. The van der Waals surface area contributed by atoms with Gasteiger partial charge in [0.25, 0.3) is 0 Å².